The Labute approximate surface area is 146 Å². The van der Waals surface area contributed by atoms with Crippen LogP contribution in [0.1, 0.15) is 13.8 Å². The lowest BCUT2D eigenvalue weighted by Crippen LogP contribution is -2.39. The highest BCUT2D eigenvalue weighted by molar-refractivity contribution is 6.01. The summed E-state index contributed by atoms with van der Waals surface area (Å²) in [5.74, 6) is 0.563. The Morgan fingerprint density at radius 3 is 2.48 bits per heavy atom. The van der Waals surface area contributed by atoms with Crippen molar-refractivity contribution in [3.05, 3.63) is 48.5 Å². The molecule has 1 heterocycles. The van der Waals surface area contributed by atoms with E-state index < -0.39 is 5.41 Å². The molecule has 0 saturated carbocycles. The smallest absolute Gasteiger partial charge is 0.323 e. The van der Waals surface area contributed by atoms with Crippen LogP contribution in [0.15, 0.2) is 48.5 Å². The van der Waals surface area contributed by atoms with E-state index in [1.54, 1.807) is 30.1 Å². The summed E-state index contributed by atoms with van der Waals surface area (Å²) in [5, 5.41) is 5.53. The second-order valence-electron chi connectivity index (χ2n) is 6.66. The van der Waals surface area contributed by atoms with Crippen LogP contribution in [-0.2, 0) is 4.79 Å². The number of amides is 3. The summed E-state index contributed by atoms with van der Waals surface area (Å²) in [7, 11) is 1.73. The minimum atomic E-state index is -0.605. The summed E-state index contributed by atoms with van der Waals surface area (Å²) in [4.78, 5) is 26.2. The van der Waals surface area contributed by atoms with Gasteiger partial charge in [-0.2, -0.15) is 0 Å². The van der Waals surface area contributed by atoms with Gasteiger partial charge >= 0.3 is 6.03 Å². The summed E-state index contributed by atoms with van der Waals surface area (Å²) in [6.45, 7) is 3.98. The molecule has 0 bridgehead atoms. The first-order chi connectivity index (χ1) is 11.9. The van der Waals surface area contributed by atoms with Gasteiger partial charge in [-0.05, 0) is 38.1 Å². The maximum Gasteiger partial charge on any atom is 0.323 e. The normalized spacial score (nSPS) is 15.6. The lowest BCUT2D eigenvalue weighted by atomic mass is 9.93. The zero-order chi connectivity index (χ0) is 18.0. The second-order valence-corrected chi connectivity index (χ2v) is 6.66. The number of carbonyl (C=O) groups is 2. The number of anilines is 3. The van der Waals surface area contributed by atoms with Crippen molar-refractivity contribution >= 4 is 29.0 Å². The standard InChI is InChI=1S/C19H21N3O3/c1-19(2)12-25-16-11-14(9-10-15(16)22(3)17(19)23)21-18(24)20-13-7-5-4-6-8-13/h4-11H,12H2,1-3H3,(H2,20,21,24). The van der Waals surface area contributed by atoms with Crippen molar-refractivity contribution in [1.82, 2.24) is 0 Å². The van der Waals surface area contributed by atoms with Crippen LogP contribution >= 0.6 is 0 Å². The molecule has 0 aliphatic carbocycles. The summed E-state index contributed by atoms with van der Waals surface area (Å²) in [5.41, 5.74) is 1.38. The molecule has 0 spiro atoms. The first-order valence-corrected chi connectivity index (χ1v) is 8.05. The Balaban J connectivity index is 1.77. The average Bonchev–Trinajstić information content (AvgIpc) is 2.67. The van der Waals surface area contributed by atoms with Crippen LogP contribution in [0.4, 0.5) is 21.9 Å². The quantitative estimate of drug-likeness (QED) is 0.876. The summed E-state index contributed by atoms with van der Waals surface area (Å²) in [6, 6.07) is 14.1. The molecule has 2 aromatic carbocycles. The monoisotopic (exact) mass is 339 g/mol. The maximum absolute atomic E-state index is 12.5. The van der Waals surface area contributed by atoms with Crippen molar-refractivity contribution in [2.24, 2.45) is 5.41 Å². The van der Waals surface area contributed by atoms with E-state index in [1.807, 2.05) is 44.2 Å². The molecule has 3 rings (SSSR count). The molecule has 0 atom stereocenters. The first-order valence-electron chi connectivity index (χ1n) is 8.05. The first kappa shape index (κ1) is 16.8. The third-order valence-electron chi connectivity index (χ3n) is 4.08. The van der Waals surface area contributed by atoms with Crippen molar-refractivity contribution in [2.75, 3.05) is 29.2 Å². The number of hydrogen-bond donors (Lipinski definition) is 2. The van der Waals surface area contributed by atoms with Crippen molar-refractivity contribution in [1.29, 1.82) is 0 Å². The second kappa shape index (κ2) is 6.47. The largest absolute Gasteiger partial charge is 0.490 e. The maximum atomic E-state index is 12.5. The van der Waals surface area contributed by atoms with Gasteiger partial charge in [-0.25, -0.2) is 4.79 Å². The van der Waals surface area contributed by atoms with E-state index in [2.05, 4.69) is 10.6 Å². The SMILES string of the molecule is CN1C(=O)C(C)(C)COc2cc(NC(=O)Nc3ccccc3)ccc21. The van der Waals surface area contributed by atoms with Gasteiger partial charge in [0, 0.05) is 24.5 Å². The van der Waals surface area contributed by atoms with Crippen LogP contribution in [0.2, 0.25) is 0 Å². The van der Waals surface area contributed by atoms with E-state index >= 15 is 0 Å². The highest BCUT2D eigenvalue weighted by Crippen LogP contribution is 2.37. The molecule has 0 radical (unpaired) electrons. The lowest BCUT2D eigenvalue weighted by molar-refractivity contribution is -0.127. The third-order valence-corrected chi connectivity index (χ3v) is 4.08. The number of benzene rings is 2. The number of carbonyl (C=O) groups excluding carboxylic acids is 2. The molecule has 0 aromatic heterocycles. The van der Waals surface area contributed by atoms with Crippen LogP contribution in [-0.4, -0.2) is 25.6 Å². The molecule has 6 nitrogen and oxygen atoms in total. The van der Waals surface area contributed by atoms with Gasteiger partial charge in [0.1, 0.15) is 12.4 Å². The van der Waals surface area contributed by atoms with E-state index in [0.717, 1.165) is 0 Å². The van der Waals surface area contributed by atoms with Gasteiger partial charge in [0.15, 0.2) is 0 Å². The van der Waals surface area contributed by atoms with E-state index in [1.165, 1.54) is 0 Å². The van der Waals surface area contributed by atoms with Gasteiger partial charge in [-0.15, -0.1) is 0 Å². The Morgan fingerprint density at radius 1 is 1.08 bits per heavy atom. The van der Waals surface area contributed by atoms with Crippen molar-refractivity contribution in [3.63, 3.8) is 0 Å². The van der Waals surface area contributed by atoms with Crippen LogP contribution < -0.4 is 20.3 Å². The third kappa shape index (κ3) is 3.57. The van der Waals surface area contributed by atoms with Gasteiger partial charge in [0.2, 0.25) is 5.91 Å². The molecule has 2 aromatic rings. The minimum absolute atomic E-state index is 0.00576. The lowest BCUT2D eigenvalue weighted by Gasteiger charge is -2.24. The van der Waals surface area contributed by atoms with Crippen LogP contribution in [0.3, 0.4) is 0 Å². The number of rotatable bonds is 2. The number of urea groups is 1. The Morgan fingerprint density at radius 2 is 1.76 bits per heavy atom. The Kier molecular flexibility index (Phi) is 4.35. The number of hydrogen-bond acceptors (Lipinski definition) is 3. The van der Waals surface area contributed by atoms with Crippen LogP contribution in [0.25, 0.3) is 0 Å². The summed E-state index contributed by atoms with van der Waals surface area (Å²) < 4.78 is 5.81. The average molecular weight is 339 g/mol. The number of fused-ring (bicyclic) bond motifs is 1. The molecular weight excluding hydrogens is 318 g/mol. The molecule has 1 aliphatic heterocycles. The molecule has 0 fully saturated rings. The fraction of sp³-hybridized carbons (Fsp3) is 0.263. The van der Waals surface area contributed by atoms with E-state index in [4.69, 9.17) is 4.74 Å². The van der Waals surface area contributed by atoms with Crippen molar-refractivity contribution < 1.29 is 14.3 Å². The fourth-order valence-electron chi connectivity index (χ4n) is 2.68. The Bertz CT molecular complexity index is 803. The van der Waals surface area contributed by atoms with E-state index in [0.29, 0.717) is 22.8 Å². The molecular formula is C19H21N3O3. The van der Waals surface area contributed by atoms with Gasteiger partial charge < -0.3 is 20.3 Å². The number of nitrogens with zero attached hydrogens (tertiary/aromatic N) is 1. The zero-order valence-corrected chi connectivity index (χ0v) is 14.5. The predicted octanol–water partition coefficient (Wildman–Crippen LogP) is 3.71. The Hall–Kier alpha value is -3.02. The van der Waals surface area contributed by atoms with E-state index in [9.17, 15) is 9.59 Å². The molecule has 3 amide bonds. The van der Waals surface area contributed by atoms with Crippen molar-refractivity contribution in [2.45, 2.75) is 13.8 Å². The van der Waals surface area contributed by atoms with Gasteiger partial charge in [-0.1, -0.05) is 18.2 Å². The van der Waals surface area contributed by atoms with Gasteiger partial charge in [0.25, 0.3) is 0 Å². The fourth-order valence-corrected chi connectivity index (χ4v) is 2.68. The van der Waals surface area contributed by atoms with Crippen LogP contribution in [0.5, 0.6) is 5.75 Å². The summed E-state index contributed by atoms with van der Waals surface area (Å²) >= 11 is 0. The predicted molar refractivity (Wildman–Crippen MR) is 98.2 cm³/mol. The number of para-hydroxylation sites is 1. The molecule has 0 saturated heterocycles. The molecule has 130 valence electrons. The number of nitrogens with one attached hydrogen (secondary N) is 2. The van der Waals surface area contributed by atoms with Gasteiger partial charge in [-0.3, -0.25) is 4.79 Å². The molecule has 0 unspecified atom stereocenters. The van der Waals surface area contributed by atoms with Crippen LogP contribution in [0, 0.1) is 5.41 Å². The summed E-state index contributed by atoms with van der Waals surface area (Å²) in [6.07, 6.45) is 0. The topological polar surface area (TPSA) is 70.7 Å². The molecule has 2 N–H and O–H groups in total. The highest BCUT2D eigenvalue weighted by atomic mass is 16.5. The van der Waals surface area contributed by atoms with Gasteiger partial charge in [0.05, 0.1) is 11.1 Å². The van der Waals surface area contributed by atoms with E-state index in [-0.39, 0.29) is 18.5 Å². The molecule has 25 heavy (non-hydrogen) atoms. The highest BCUT2D eigenvalue weighted by Gasteiger charge is 2.36. The zero-order valence-electron chi connectivity index (χ0n) is 14.5. The molecule has 1 aliphatic rings. The molecule has 6 heteroatoms. The number of ether oxygens (including phenoxy) is 1. The van der Waals surface area contributed by atoms with Crippen molar-refractivity contribution in [3.8, 4) is 5.75 Å². The minimum Gasteiger partial charge on any atom is -0.490 e.